The molecule has 9 aromatic carbocycles. The minimum atomic E-state index is -0.0552. The Morgan fingerprint density at radius 3 is 1.45 bits per heavy atom. The van der Waals surface area contributed by atoms with Crippen LogP contribution in [0.1, 0.15) is 25.0 Å². The Kier molecular flexibility index (Phi) is 8.64. The molecule has 65 heavy (non-hydrogen) atoms. The summed E-state index contributed by atoms with van der Waals surface area (Å²) in [5.74, 6) is 0.701. The number of rotatable bonds is 6. The summed E-state index contributed by atoms with van der Waals surface area (Å²) in [6.07, 6.45) is 0. The minimum absolute atomic E-state index is 0.0552. The highest BCUT2D eigenvalue weighted by Crippen LogP contribution is 2.50. The summed E-state index contributed by atoms with van der Waals surface area (Å²) >= 11 is 3.71. The summed E-state index contributed by atoms with van der Waals surface area (Å²) in [6, 6.07) is 75.6. The molecule has 3 heterocycles. The van der Waals surface area contributed by atoms with Gasteiger partial charge in [-0.2, -0.15) is 0 Å². The molecule has 0 aliphatic heterocycles. The third-order valence-corrected chi connectivity index (χ3v) is 15.8. The molecule has 0 atom stereocenters. The van der Waals surface area contributed by atoms with Gasteiger partial charge in [0.2, 0.25) is 0 Å². The van der Waals surface area contributed by atoms with E-state index in [0.29, 0.717) is 5.82 Å². The van der Waals surface area contributed by atoms with Gasteiger partial charge in [0.25, 0.3) is 0 Å². The molecule has 0 fully saturated rings. The number of aromatic nitrogens is 2. The average molecular weight is 865 g/mol. The van der Waals surface area contributed by atoms with E-state index in [4.69, 9.17) is 9.97 Å². The first-order valence-electron chi connectivity index (χ1n) is 22.2. The molecule has 12 aromatic rings. The fourth-order valence-electron chi connectivity index (χ4n) is 10.1. The lowest BCUT2D eigenvalue weighted by atomic mass is 9.81. The normalized spacial score (nSPS) is 12.9. The number of hydrogen-bond acceptors (Lipinski definition) is 4. The quantitative estimate of drug-likeness (QED) is 0.166. The lowest BCUT2D eigenvalue weighted by Gasteiger charge is -2.22. The Balaban J connectivity index is 0.958. The van der Waals surface area contributed by atoms with Crippen molar-refractivity contribution < 1.29 is 0 Å². The molecule has 4 heteroatoms. The molecule has 0 saturated carbocycles. The molecule has 13 rings (SSSR count). The molecule has 2 nitrogen and oxygen atoms in total. The molecule has 0 bridgehead atoms. The lowest BCUT2D eigenvalue weighted by Crippen LogP contribution is -2.14. The summed E-state index contributed by atoms with van der Waals surface area (Å²) in [5.41, 5.74) is 17.3. The second-order valence-electron chi connectivity index (χ2n) is 17.8. The largest absolute Gasteiger partial charge is 0.228 e. The third-order valence-electron chi connectivity index (χ3n) is 13.5. The molecule has 0 saturated heterocycles. The Labute approximate surface area is 385 Å². The maximum absolute atomic E-state index is 5.36. The van der Waals surface area contributed by atoms with Crippen molar-refractivity contribution in [2.75, 3.05) is 0 Å². The first-order valence-corrected chi connectivity index (χ1v) is 23.8. The maximum Gasteiger partial charge on any atom is 0.160 e. The van der Waals surface area contributed by atoms with Crippen LogP contribution in [0.15, 0.2) is 206 Å². The summed E-state index contributed by atoms with van der Waals surface area (Å²) < 4.78 is 5.21. The first kappa shape index (κ1) is 38.0. The van der Waals surface area contributed by atoms with Gasteiger partial charge in [0, 0.05) is 62.4 Å². The van der Waals surface area contributed by atoms with Crippen LogP contribution in [0.2, 0.25) is 0 Å². The van der Waals surface area contributed by atoms with E-state index < -0.39 is 0 Å². The van der Waals surface area contributed by atoms with E-state index in [9.17, 15) is 0 Å². The second kappa shape index (κ2) is 14.8. The molecule has 3 aromatic heterocycles. The number of hydrogen-bond donors (Lipinski definition) is 0. The second-order valence-corrected chi connectivity index (χ2v) is 19.9. The smallest absolute Gasteiger partial charge is 0.160 e. The zero-order chi connectivity index (χ0) is 43.2. The van der Waals surface area contributed by atoms with Crippen LogP contribution in [0.3, 0.4) is 0 Å². The topological polar surface area (TPSA) is 25.8 Å². The van der Waals surface area contributed by atoms with Gasteiger partial charge >= 0.3 is 0 Å². The number of benzene rings is 9. The van der Waals surface area contributed by atoms with Crippen molar-refractivity contribution >= 4 is 63.0 Å². The molecular formula is C61H40N2S2. The molecule has 0 radical (unpaired) electrons. The minimum Gasteiger partial charge on any atom is -0.228 e. The van der Waals surface area contributed by atoms with E-state index in [1.165, 1.54) is 84.9 Å². The molecule has 1 aliphatic rings. The summed E-state index contributed by atoms with van der Waals surface area (Å²) in [5, 5.41) is 5.17. The molecule has 0 spiro atoms. The monoisotopic (exact) mass is 864 g/mol. The molecular weight excluding hydrogens is 825 g/mol. The van der Waals surface area contributed by atoms with Gasteiger partial charge in [-0.3, -0.25) is 0 Å². The maximum atomic E-state index is 5.36. The zero-order valence-corrected chi connectivity index (χ0v) is 37.5. The predicted molar refractivity (Wildman–Crippen MR) is 278 cm³/mol. The number of fused-ring (bicyclic) bond motifs is 9. The standard InChI is InChI=1S/C61H40N2S2/c1-61(2)52-17-9-6-14-46(52)47-27-24-42(35-53(47)61)37-20-22-38(23-21-37)54-36-55(63-60(62-54)39-12-4-3-5-13-39)45-31-43(40-25-28-58-50(33-40)48-15-7-10-18-56(48)64-58)30-44(32-45)41-26-29-59-51(34-41)49-16-8-11-19-57(49)65-59/h3-36H,1-2H3. The fraction of sp³-hybridized carbons (Fsp3) is 0.0492. The van der Waals surface area contributed by atoms with Crippen molar-refractivity contribution in [3.05, 3.63) is 217 Å². The highest BCUT2D eigenvalue weighted by atomic mass is 32.1. The van der Waals surface area contributed by atoms with Crippen LogP contribution in [0.5, 0.6) is 0 Å². The van der Waals surface area contributed by atoms with Crippen LogP contribution in [-0.2, 0) is 5.41 Å². The van der Waals surface area contributed by atoms with Gasteiger partial charge in [-0.15, -0.1) is 22.7 Å². The van der Waals surface area contributed by atoms with Crippen molar-refractivity contribution in [1.29, 1.82) is 0 Å². The first-order chi connectivity index (χ1) is 31.9. The van der Waals surface area contributed by atoms with Crippen LogP contribution in [-0.4, -0.2) is 9.97 Å². The van der Waals surface area contributed by atoms with E-state index in [2.05, 4.69) is 214 Å². The fourth-order valence-corrected chi connectivity index (χ4v) is 12.3. The van der Waals surface area contributed by atoms with Gasteiger partial charge in [-0.1, -0.05) is 153 Å². The Hall–Kier alpha value is -7.50. The SMILES string of the molecule is CC1(C)c2ccccc2-c2ccc(-c3ccc(-c4cc(-c5cc(-c6ccc7sc8ccccc8c7c6)cc(-c6ccc7sc8ccccc8c7c6)c5)nc(-c5ccccc5)n4)cc3)cc21. The van der Waals surface area contributed by atoms with E-state index in [1.807, 2.05) is 28.7 Å². The van der Waals surface area contributed by atoms with Crippen molar-refractivity contribution in [2.45, 2.75) is 19.3 Å². The van der Waals surface area contributed by atoms with E-state index in [-0.39, 0.29) is 5.41 Å². The molecule has 0 N–H and O–H groups in total. The average Bonchev–Trinajstić information content (AvgIpc) is 4.00. The van der Waals surface area contributed by atoms with Crippen LogP contribution >= 0.6 is 22.7 Å². The molecule has 0 amide bonds. The van der Waals surface area contributed by atoms with Crippen molar-refractivity contribution in [1.82, 2.24) is 9.97 Å². The van der Waals surface area contributed by atoms with Crippen LogP contribution in [0.4, 0.5) is 0 Å². The van der Waals surface area contributed by atoms with Crippen molar-refractivity contribution in [3.8, 4) is 78.4 Å². The van der Waals surface area contributed by atoms with Gasteiger partial charge in [0.05, 0.1) is 11.4 Å². The van der Waals surface area contributed by atoms with Gasteiger partial charge in [-0.05, 0) is 122 Å². The Morgan fingerprint density at radius 1 is 0.308 bits per heavy atom. The highest BCUT2D eigenvalue weighted by Gasteiger charge is 2.35. The van der Waals surface area contributed by atoms with Crippen molar-refractivity contribution in [2.24, 2.45) is 0 Å². The number of thiophene rings is 2. The van der Waals surface area contributed by atoms with E-state index in [1.54, 1.807) is 0 Å². The van der Waals surface area contributed by atoms with Gasteiger partial charge in [0.1, 0.15) is 0 Å². The van der Waals surface area contributed by atoms with E-state index >= 15 is 0 Å². The Morgan fingerprint density at radius 2 is 0.785 bits per heavy atom. The van der Waals surface area contributed by atoms with Crippen molar-refractivity contribution in [3.63, 3.8) is 0 Å². The summed E-state index contributed by atoms with van der Waals surface area (Å²) in [7, 11) is 0. The Bertz CT molecular complexity index is 3720. The molecule has 1 aliphatic carbocycles. The van der Waals surface area contributed by atoms with Crippen LogP contribution < -0.4 is 0 Å². The summed E-state index contributed by atoms with van der Waals surface area (Å²) in [4.78, 5) is 10.6. The van der Waals surface area contributed by atoms with Crippen LogP contribution in [0, 0.1) is 0 Å². The molecule has 0 unspecified atom stereocenters. The number of nitrogens with zero attached hydrogens (tertiary/aromatic N) is 2. The zero-order valence-electron chi connectivity index (χ0n) is 35.8. The van der Waals surface area contributed by atoms with Crippen LogP contribution in [0.25, 0.3) is 119 Å². The lowest BCUT2D eigenvalue weighted by molar-refractivity contribution is 0.660. The third kappa shape index (κ3) is 6.36. The predicted octanol–water partition coefficient (Wildman–Crippen LogP) is 17.5. The van der Waals surface area contributed by atoms with Gasteiger partial charge < -0.3 is 0 Å². The van der Waals surface area contributed by atoms with Gasteiger partial charge in [-0.25, -0.2) is 9.97 Å². The summed E-state index contributed by atoms with van der Waals surface area (Å²) in [6.45, 7) is 4.68. The molecule has 306 valence electrons. The van der Waals surface area contributed by atoms with E-state index in [0.717, 1.165) is 39.2 Å². The van der Waals surface area contributed by atoms with Gasteiger partial charge in [0.15, 0.2) is 5.82 Å². The highest BCUT2D eigenvalue weighted by molar-refractivity contribution is 7.26.